The zero-order valence-electron chi connectivity index (χ0n) is 11.2. The third-order valence-corrected chi connectivity index (χ3v) is 5.16. The van der Waals surface area contributed by atoms with Crippen molar-refractivity contribution in [1.82, 2.24) is 5.32 Å². The number of hydrogen-bond donors (Lipinski definition) is 1. The fraction of sp³-hybridized carbons (Fsp3) is 1.00. The van der Waals surface area contributed by atoms with Crippen LogP contribution in [-0.2, 0) is 0 Å². The van der Waals surface area contributed by atoms with Crippen LogP contribution in [0.1, 0.15) is 71.6 Å². The van der Waals surface area contributed by atoms with Gasteiger partial charge in [-0.15, -0.1) is 0 Å². The minimum atomic E-state index is 0.463. The van der Waals surface area contributed by atoms with E-state index in [0.717, 1.165) is 11.8 Å². The van der Waals surface area contributed by atoms with E-state index in [-0.39, 0.29) is 0 Å². The molecule has 2 rings (SSSR count). The van der Waals surface area contributed by atoms with Gasteiger partial charge in [-0.2, -0.15) is 0 Å². The van der Waals surface area contributed by atoms with Gasteiger partial charge in [0.2, 0.25) is 0 Å². The average molecular weight is 223 g/mol. The van der Waals surface area contributed by atoms with E-state index in [9.17, 15) is 0 Å². The van der Waals surface area contributed by atoms with Gasteiger partial charge >= 0.3 is 0 Å². The fourth-order valence-electron chi connectivity index (χ4n) is 3.85. The number of hydrogen-bond acceptors (Lipinski definition) is 1. The smallest absolute Gasteiger partial charge is 0.0181 e. The Balaban J connectivity index is 1.97. The summed E-state index contributed by atoms with van der Waals surface area (Å²) in [6.45, 7) is 6.13. The molecule has 1 aliphatic carbocycles. The molecule has 94 valence electrons. The second-order valence-corrected chi connectivity index (χ2v) is 6.29. The number of nitrogens with one attached hydrogen (secondary N) is 1. The molecule has 1 saturated heterocycles. The minimum Gasteiger partial charge on any atom is -0.311 e. The third-order valence-electron chi connectivity index (χ3n) is 5.16. The Morgan fingerprint density at radius 3 is 2.81 bits per heavy atom. The molecule has 3 atom stereocenters. The Bertz CT molecular complexity index is 203. The molecule has 0 bridgehead atoms. The monoisotopic (exact) mass is 223 g/mol. The average Bonchev–Trinajstić information content (AvgIpc) is 2.55. The standard InChI is InChI=1S/C15H29N/c1-3-13-8-7-9-14(12-13)15(2)10-5-4-6-11-16-15/h13-14,16H,3-12H2,1-2H3. The van der Waals surface area contributed by atoms with E-state index < -0.39 is 0 Å². The summed E-state index contributed by atoms with van der Waals surface area (Å²) in [6, 6.07) is 0. The lowest BCUT2D eigenvalue weighted by molar-refractivity contribution is 0.137. The summed E-state index contributed by atoms with van der Waals surface area (Å²) in [6.07, 6.45) is 13.0. The van der Waals surface area contributed by atoms with Crippen LogP contribution >= 0.6 is 0 Å². The Morgan fingerprint density at radius 1 is 1.12 bits per heavy atom. The Kier molecular flexibility index (Phi) is 4.29. The van der Waals surface area contributed by atoms with Crippen LogP contribution in [-0.4, -0.2) is 12.1 Å². The number of rotatable bonds is 2. The predicted octanol–water partition coefficient (Wildman–Crippen LogP) is 4.13. The highest BCUT2D eigenvalue weighted by Gasteiger charge is 2.36. The zero-order valence-corrected chi connectivity index (χ0v) is 11.2. The van der Waals surface area contributed by atoms with E-state index in [2.05, 4.69) is 19.2 Å². The SMILES string of the molecule is CCC1CCCC(C2(C)CCCCCN2)C1. The molecule has 0 aromatic carbocycles. The summed E-state index contributed by atoms with van der Waals surface area (Å²) in [7, 11) is 0. The quantitative estimate of drug-likeness (QED) is 0.742. The summed E-state index contributed by atoms with van der Waals surface area (Å²) < 4.78 is 0. The highest BCUT2D eigenvalue weighted by molar-refractivity contribution is 4.94. The first-order chi connectivity index (χ1) is 7.74. The van der Waals surface area contributed by atoms with Gasteiger partial charge in [0.05, 0.1) is 0 Å². The van der Waals surface area contributed by atoms with Gasteiger partial charge < -0.3 is 5.32 Å². The topological polar surface area (TPSA) is 12.0 Å². The maximum atomic E-state index is 3.87. The summed E-state index contributed by atoms with van der Waals surface area (Å²) in [5.41, 5.74) is 0.463. The van der Waals surface area contributed by atoms with Crippen molar-refractivity contribution in [3.05, 3.63) is 0 Å². The molecule has 0 aromatic heterocycles. The Labute approximate surface area is 101 Å². The van der Waals surface area contributed by atoms with Crippen molar-refractivity contribution >= 4 is 0 Å². The van der Waals surface area contributed by atoms with Gasteiger partial charge in [-0.25, -0.2) is 0 Å². The first-order valence-electron chi connectivity index (χ1n) is 7.49. The molecule has 1 saturated carbocycles. The second kappa shape index (κ2) is 5.53. The van der Waals surface area contributed by atoms with Crippen LogP contribution in [0.4, 0.5) is 0 Å². The fourth-order valence-corrected chi connectivity index (χ4v) is 3.85. The van der Waals surface area contributed by atoms with Gasteiger partial charge in [0, 0.05) is 5.54 Å². The molecule has 1 heterocycles. The van der Waals surface area contributed by atoms with E-state index in [4.69, 9.17) is 0 Å². The van der Waals surface area contributed by atoms with E-state index in [0.29, 0.717) is 5.54 Å². The van der Waals surface area contributed by atoms with Crippen molar-refractivity contribution in [3.63, 3.8) is 0 Å². The summed E-state index contributed by atoms with van der Waals surface area (Å²) in [5.74, 6) is 1.96. The van der Waals surface area contributed by atoms with Gasteiger partial charge in [0.25, 0.3) is 0 Å². The molecule has 0 radical (unpaired) electrons. The van der Waals surface area contributed by atoms with E-state index in [1.807, 2.05) is 0 Å². The van der Waals surface area contributed by atoms with Crippen molar-refractivity contribution in [1.29, 1.82) is 0 Å². The lowest BCUT2D eigenvalue weighted by Gasteiger charge is -2.42. The van der Waals surface area contributed by atoms with Gasteiger partial charge in [-0.05, 0) is 51.0 Å². The zero-order chi connectivity index (χ0) is 11.4. The summed E-state index contributed by atoms with van der Waals surface area (Å²) in [5, 5.41) is 3.87. The molecule has 1 aliphatic heterocycles. The molecule has 1 N–H and O–H groups in total. The largest absolute Gasteiger partial charge is 0.311 e. The van der Waals surface area contributed by atoms with E-state index >= 15 is 0 Å². The Hall–Kier alpha value is -0.0400. The maximum absolute atomic E-state index is 3.87. The van der Waals surface area contributed by atoms with Crippen LogP contribution in [0, 0.1) is 11.8 Å². The third kappa shape index (κ3) is 2.80. The molecule has 2 fully saturated rings. The molecular weight excluding hydrogens is 194 g/mol. The van der Waals surface area contributed by atoms with Crippen LogP contribution in [0.2, 0.25) is 0 Å². The van der Waals surface area contributed by atoms with Gasteiger partial charge in [0.1, 0.15) is 0 Å². The van der Waals surface area contributed by atoms with Gasteiger partial charge in [-0.1, -0.05) is 39.0 Å². The van der Waals surface area contributed by atoms with Gasteiger partial charge in [0.15, 0.2) is 0 Å². The molecule has 1 heteroatoms. The second-order valence-electron chi connectivity index (χ2n) is 6.29. The first kappa shape index (κ1) is 12.4. The predicted molar refractivity (Wildman–Crippen MR) is 70.6 cm³/mol. The Morgan fingerprint density at radius 2 is 2.00 bits per heavy atom. The first-order valence-corrected chi connectivity index (χ1v) is 7.49. The maximum Gasteiger partial charge on any atom is 0.0181 e. The van der Waals surface area contributed by atoms with Crippen LogP contribution in [0.3, 0.4) is 0 Å². The molecule has 16 heavy (non-hydrogen) atoms. The van der Waals surface area contributed by atoms with Crippen LogP contribution in [0.5, 0.6) is 0 Å². The molecule has 0 spiro atoms. The van der Waals surface area contributed by atoms with E-state index in [1.165, 1.54) is 64.3 Å². The van der Waals surface area contributed by atoms with Crippen molar-refractivity contribution in [3.8, 4) is 0 Å². The van der Waals surface area contributed by atoms with Crippen LogP contribution in [0.25, 0.3) is 0 Å². The molecule has 0 amide bonds. The summed E-state index contributed by atoms with van der Waals surface area (Å²) in [4.78, 5) is 0. The molecular formula is C15H29N. The van der Waals surface area contributed by atoms with Crippen molar-refractivity contribution in [2.75, 3.05) is 6.54 Å². The van der Waals surface area contributed by atoms with Crippen LogP contribution in [0.15, 0.2) is 0 Å². The van der Waals surface area contributed by atoms with Crippen molar-refractivity contribution < 1.29 is 0 Å². The molecule has 1 nitrogen and oxygen atoms in total. The van der Waals surface area contributed by atoms with Crippen LogP contribution < -0.4 is 5.32 Å². The summed E-state index contributed by atoms with van der Waals surface area (Å²) >= 11 is 0. The molecule has 0 aromatic rings. The van der Waals surface area contributed by atoms with Gasteiger partial charge in [-0.3, -0.25) is 0 Å². The lowest BCUT2D eigenvalue weighted by Crippen LogP contribution is -2.49. The highest BCUT2D eigenvalue weighted by atomic mass is 15.0. The minimum absolute atomic E-state index is 0.463. The molecule has 3 unspecified atom stereocenters. The normalized spacial score (nSPS) is 41.6. The molecule has 2 aliphatic rings. The highest BCUT2D eigenvalue weighted by Crippen LogP contribution is 2.40. The lowest BCUT2D eigenvalue weighted by atomic mass is 9.69. The van der Waals surface area contributed by atoms with Crippen molar-refractivity contribution in [2.45, 2.75) is 77.2 Å². The van der Waals surface area contributed by atoms with E-state index in [1.54, 1.807) is 0 Å². The van der Waals surface area contributed by atoms with Crippen molar-refractivity contribution in [2.24, 2.45) is 11.8 Å².